The molecular weight excluding hydrogens is 308 g/mol. The number of aryl methyl sites for hydroxylation is 2. The minimum atomic E-state index is -0.807. The summed E-state index contributed by atoms with van der Waals surface area (Å²) < 4.78 is 7.64. The van der Waals surface area contributed by atoms with Crippen LogP contribution >= 0.6 is 0 Å². The monoisotopic (exact) mass is 334 g/mol. The first-order valence-electron chi connectivity index (χ1n) is 8.13. The first-order chi connectivity index (χ1) is 11.2. The number of aromatic nitrogens is 3. The lowest BCUT2D eigenvalue weighted by Crippen LogP contribution is -2.52. The van der Waals surface area contributed by atoms with Gasteiger partial charge in [0.2, 0.25) is 5.91 Å². The Hall–Kier alpha value is -1.98. The second kappa shape index (κ2) is 7.28. The summed E-state index contributed by atoms with van der Waals surface area (Å²) in [5, 5.41) is 13.5. The van der Waals surface area contributed by atoms with E-state index in [1.165, 1.54) is 4.90 Å². The minimum absolute atomic E-state index is 0.0272. The smallest absolute Gasteiger partial charge is 0.237 e. The number of likely N-dealkylation sites (N-methyl/N-ethyl adjacent to an activating group) is 1. The highest BCUT2D eigenvalue weighted by Crippen LogP contribution is 2.13. The molecule has 1 aromatic heterocycles. The number of nitriles is 1. The van der Waals surface area contributed by atoms with Crippen LogP contribution in [-0.2, 0) is 16.1 Å². The van der Waals surface area contributed by atoms with Crippen molar-refractivity contribution in [3.8, 4) is 6.07 Å². The molecule has 1 aromatic rings. The van der Waals surface area contributed by atoms with Crippen molar-refractivity contribution in [3.05, 3.63) is 11.6 Å². The number of ether oxygens (including phenoxy) is 1. The minimum Gasteiger partial charge on any atom is -0.374 e. The van der Waals surface area contributed by atoms with Crippen LogP contribution in [0.2, 0.25) is 0 Å². The number of nitrogens with zero attached hydrogens (tertiary/aromatic N) is 6. The molecule has 0 N–H and O–H groups in total. The Labute approximate surface area is 143 Å². The number of hydrogen-bond donors (Lipinski definition) is 0. The maximum Gasteiger partial charge on any atom is 0.237 e. The molecule has 1 amide bonds. The summed E-state index contributed by atoms with van der Waals surface area (Å²) in [5.74, 6) is 1.55. The predicted molar refractivity (Wildman–Crippen MR) is 88.1 cm³/mol. The van der Waals surface area contributed by atoms with Gasteiger partial charge in [-0.05, 0) is 27.7 Å². The standard InChI is InChI=1S/C16H26N6O2/c1-12-18-13(2)22(19-12)9-14-8-21(6-7-24-14)10-15(23)20(5)16(3,4)11-17/h14H,6-10H2,1-5H3. The normalized spacial score (nSPS) is 19.1. The Morgan fingerprint density at radius 1 is 1.50 bits per heavy atom. The van der Waals surface area contributed by atoms with E-state index in [-0.39, 0.29) is 18.6 Å². The van der Waals surface area contributed by atoms with Gasteiger partial charge in [-0.1, -0.05) is 0 Å². The van der Waals surface area contributed by atoms with Gasteiger partial charge in [-0.15, -0.1) is 0 Å². The van der Waals surface area contributed by atoms with Gasteiger partial charge in [0.05, 0.1) is 31.9 Å². The van der Waals surface area contributed by atoms with Crippen LogP contribution in [0.4, 0.5) is 0 Å². The number of carbonyl (C=O) groups is 1. The molecule has 1 saturated heterocycles. The molecule has 1 atom stereocenters. The molecule has 1 unspecified atom stereocenters. The highest BCUT2D eigenvalue weighted by Gasteiger charge is 2.30. The fourth-order valence-corrected chi connectivity index (χ4v) is 2.65. The van der Waals surface area contributed by atoms with E-state index in [4.69, 9.17) is 10.00 Å². The molecule has 2 heterocycles. The summed E-state index contributed by atoms with van der Waals surface area (Å²) in [7, 11) is 1.67. The zero-order valence-corrected chi connectivity index (χ0v) is 15.1. The maximum atomic E-state index is 12.4. The first-order valence-corrected chi connectivity index (χ1v) is 8.13. The SMILES string of the molecule is Cc1nc(C)n(CC2CN(CC(=O)N(C)C(C)(C)C#N)CCO2)n1. The topological polar surface area (TPSA) is 87.3 Å². The van der Waals surface area contributed by atoms with Crippen molar-refractivity contribution in [2.75, 3.05) is 33.3 Å². The van der Waals surface area contributed by atoms with Gasteiger partial charge in [-0.25, -0.2) is 9.67 Å². The molecule has 0 spiro atoms. The van der Waals surface area contributed by atoms with Crippen LogP contribution < -0.4 is 0 Å². The van der Waals surface area contributed by atoms with Gasteiger partial charge in [0.25, 0.3) is 0 Å². The van der Waals surface area contributed by atoms with Crippen LogP contribution in [0.5, 0.6) is 0 Å². The fourth-order valence-electron chi connectivity index (χ4n) is 2.65. The van der Waals surface area contributed by atoms with Crippen molar-refractivity contribution in [3.63, 3.8) is 0 Å². The molecule has 132 valence electrons. The van der Waals surface area contributed by atoms with E-state index in [0.717, 1.165) is 11.6 Å². The Balaban J connectivity index is 1.92. The molecule has 8 heteroatoms. The number of carbonyl (C=O) groups excluding carboxylic acids is 1. The van der Waals surface area contributed by atoms with Gasteiger partial charge in [0.15, 0.2) is 0 Å². The largest absolute Gasteiger partial charge is 0.374 e. The lowest BCUT2D eigenvalue weighted by atomic mass is 10.1. The fraction of sp³-hybridized carbons (Fsp3) is 0.750. The summed E-state index contributed by atoms with van der Waals surface area (Å²) in [6.07, 6.45) is -0.0272. The van der Waals surface area contributed by atoms with Gasteiger partial charge < -0.3 is 9.64 Å². The third-order valence-corrected chi connectivity index (χ3v) is 4.41. The lowest BCUT2D eigenvalue weighted by Gasteiger charge is -2.35. The Bertz CT molecular complexity index is 633. The van der Waals surface area contributed by atoms with Crippen LogP contribution in [-0.4, -0.2) is 75.4 Å². The average Bonchev–Trinajstić information content (AvgIpc) is 2.84. The van der Waals surface area contributed by atoms with Crippen LogP contribution in [0.25, 0.3) is 0 Å². The summed E-state index contributed by atoms with van der Waals surface area (Å²) in [6, 6.07) is 2.15. The Morgan fingerprint density at radius 3 is 2.79 bits per heavy atom. The zero-order chi connectivity index (χ0) is 17.9. The molecular formula is C16H26N6O2. The van der Waals surface area contributed by atoms with E-state index in [2.05, 4.69) is 21.1 Å². The molecule has 8 nitrogen and oxygen atoms in total. The van der Waals surface area contributed by atoms with E-state index in [9.17, 15) is 4.79 Å². The molecule has 0 saturated carbocycles. The van der Waals surface area contributed by atoms with Crippen molar-refractivity contribution in [2.24, 2.45) is 0 Å². The molecule has 0 bridgehead atoms. The molecule has 2 rings (SSSR count). The highest BCUT2D eigenvalue weighted by atomic mass is 16.5. The summed E-state index contributed by atoms with van der Waals surface area (Å²) in [6.45, 7) is 10.1. The number of amides is 1. The molecule has 1 aliphatic rings. The van der Waals surface area contributed by atoms with Crippen LogP contribution in [0.3, 0.4) is 0 Å². The second-order valence-electron chi connectivity index (χ2n) is 6.74. The number of morpholine rings is 1. The molecule has 0 radical (unpaired) electrons. The summed E-state index contributed by atoms with van der Waals surface area (Å²) in [5.41, 5.74) is -0.807. The lowest BCUT2D eigenvalue weighted by molar-refractivity contribution is -0.136. The quantitative estimate of drug-likeness (QED) is 0.772. The van der Waals surface area contributed by atoms with E-state index < -0.39 is 5.54 Å². The van der Waals surface area contributed by atoms with Crippen molar-refractivity contribution in [2.45, 2.75) is 45.9 Å². The molecule has 1 aliphatic heterocycles. The third-order valence-electron chi connectivity index (χ3n) is 4.41. The van der Waals surface area contributed by atoms with E-state index in [0.29, 0.717) is 26.2 Å². The second-order valence-corrected chi connectivity index (χ2v) is 6.74. The van der Waals surface area contributed by atoms with Crippen molar-refractivity contribution >= 4 is 5.91 Å². The van der Waals surface area contributed by atoms with Crippen LogP contribution in [0.15, 0.2) is 0 Å². The van der Waals surface area contributed by atoms with E-state index in [1.54, 1.807) is 20.9 Å². The Morgan fingerprint density at radius 2 is 2.21 bits per heavy atom. The van der Waals surface area contributed by atoms with Gasteiger partial charge in [0.1, 0.15) is 17.2 Å². The van der Waals surface area contributed by atoms with Crippen molar-refractivity contribution < 1.29 is 9.53 Å². The van der Waals surface area contributed by atoms with Crippen molar-refractivity contribution in [1.82, 2.24) is 24.6 Å². The molecule has 24 heavy (non-hydrogen) atoms. The summed E-state index contributed by atoms with van der Waals surface area (Å²) in [4.78, 5) is 20.3. The maximum absolute atomic E-state index is 12.4. The number of rotatable bonds is 5. The zero-order valence-electron chi connectivity index (χ0n) is 15.1. The Kier molecular flexibility index (Phi) is 5.57. The van der Waals surface area contributed by atoms with Gasteiger partial charge in [-0.2, -0.15) is 10.4 Å². The predicted octanol–water partition coefficient (Wildman–Crippen LogP) is 0.356. The highest BCUT2D eigenvalue weighted by molar-refractivity contribution is 5.79. The van der Waals surface area contributed by atoms with Crippen molar-refractivity contribution in [1.29, 1.82) is 5.26 Å². The van der Waals surface area contributed by atoms with Crippen LogP contribution in [0.1, 0.15) is 25.5 Å². The third kappa shape index (κ3) is 4.30. The van der Waals surface area contributed by atoms with E-state index >= 15 is 0 Å². The van der Waals surface area contributed by atoms with Gasteiger partial charge in [0, 0.05) is 20.1 Å². The average molecular weight is 334 g/mol. The molecule has 1 fully saturated rings. The number of hydrogen-bond acceptors (Lipinski definition) is 6. The van der Waals surface area contributed by atoms with Gasteiger partial charge >= 0.3 is 0 Å². The van der Waals surface area contributed by atoms with Crippen LogP contribution in [0, 0.1) is 25.2 Å². The van der Waals surface area contributed by atoms with Gasteiger partial charge in [-0.3, -0.25) is 9.69 Å². The molecule has 0 aromatic carbocycles. The van der Waals surface area contributed by atoms with E-state index in [1.807, 2.05) is 18.5 Å². The summed E-state index contributed by atoms with van der Waals surface area (Å²) >= 11 is 0. The first kappa shape index (κ1) is 18.4. The molecule has 0 aliphatic carbocycles.